The lowest BCUT2D eigenvalue weighted by Crippen LogP contribution is -2.08. The number of hydrogen-bond donors (Lipinski definition) is 1. The molecule has 5 nitrogen and oxygen atoms in total. The van der Waals surface area contributed by atoms with Crippen LogP contribution in [0.15, 0.2) is 30.3 Å². The summed E-state index contributed by atoms with van der Waals surface area (Å²) in [6.45, 7) is 3.60. The number of hydrogen-bond acceptors (Lipinski definition) is 4. The van der Waals surface area contributed by atoms with E-state index in [4.69, 9.17) is 4.74 Å². The number of aryl methyl sites for hydroxylation is 1. The quantitative estimate of drug-likeness (QED) is 0.721. The summed E-state index contributed by atoms with van der Waals surface area (Å²) in [7, 11) is 0. The maximum Gasteiger partial charge on any atom is 0.119 e. The van der Waals surface area contributed by atoms with Gasteiger partial charge in [0.05, 0.1) is 18.9 Å². The summed E-state index contributed by atoms with van der Waals surface area (Å²) in [4.78, 5) is 0. The normalized spacial score (nSPS) is 10.8. The zero-order valence-electron chi connectivity index (χ0n) is 12.5. The van der Waals surface area contributed by atoms with Crippen LogP contribution in [0, 0.1) is 0 Å². The molecule has 0 saturated heterocycles. The number of benzene rings is 1. The van der Waals surface area contributed by atoms with Crippen molar-refractivity contribution in [3.05, 3.63) is 41.7 Å². The van der Waals surface area contributed by atoms with E-state index in [9.17, 15) is 5.11 Å². The molecule has 114 valence electrons. The van der Waals surface area contributed by atoms with Crippen molar-refractivity contribution < 1.29 is 9.84 Å². The summed E-state index contributed by atoms with van der Waals surface area (Å²) in [6, 6.07) is 9.79. The molecule has 0 atom stereocenters. The number of rotatable bonds is 9. The lowest BCUT2D eigenvalue weighted by molar-refractivity contribution is 0.274. The maximum atomic E-state index is 9.34. The number of ether oxygens (including phenoxy) is 1. The van der Waals surface area contributed by atoms with Crippen LogP contribution in [0.1, 0.15) is 37.6 Å². The first-order chi connectivity index (χ1) is 10.3. The SMILES string of the molecule is CCCCn1nnc(CO)c1CCCOc1ccccc1. The Bertz CT molecular complexity index is 526. The van der Waals surface area contributed by atoms with E-state index in [1.54, 1.807) is 0 Å². The van der Waals surface area contributed by atoms with Gasteiger partial charge in [0.25, 0.3) is 0 Å². The Balaban J connectivity index is 1.85. The molecule has 2 rings (SSSR count). The fourth-order valence-electron chi connectivity index (χ4n) is 2.20. The third kappa shape index (κ3) is 4.56. The molecule has 5 heteroatoms. The molecular weight excluding hydrogens is 266 g/mol. The number of aliphatic hydroxyl groups excluding tert-OH is 1. The van der Waals surface area contributed by atoms with E-state index in [0.29, 0.717) is 12.3 Å². The minimum Gasteiger partial charge on any atom is -0.494 e. The summed E-state index contributed by atoms with van der Waals surface area (Å²) in [5, 5.41) is 17.5. The third-order valence-corrected chi connectivity index (χ3v) is 3.36. The van der Waals surface area contributed by atoms with Crippen LogP contribution in [0.3, 0.4) is 0 Å². The van der Waals surface area contributed by atoms with Gasteiger partial charge in [0.15, 0.2) is 0 Å². The predicted molar refractivity (Wildman–Crippen MR) is 81.1 cm³/mol. The largest absolute Gasteiger partial charge is 0.494 e. The number of unbranched alkanes of at least 4 members (excludes halogenated alkanes) is 1. The molecule has 0 radical (unpaired) electrons. The van der Waals surface area contributed by atoms with Gasteiger partial charge in [-0.15, -0.1) is 5.10 Å². The van der Waals surface area contributed by atoms with Crippen LogP contribution in [0.2, 0.25) is 0 Å². The van der Waals surface area contributed by atoms with Gasteiger partial charge in [0.1, 0.15) is 11.4 Å². The molecule has 0 aliphatic rings. The van der Waals surface area contributed by atoms with E-state index in [0.717, 1.165) is 43.7 Å². The number of para-hydroxylation sites is 1. The Kier molecular flexibility index (Phi) is 6.22. The lowest BCUT2D eigenvalue weighted by atomic mass is 10.2. The van der Waals surface area contributed by atoms with Gasteiger partial charge in [0, 0.05) is 6.54 Å². The second-order valence-electron chi connectivity index (χ2n) is 4.98. The Morgan fingerprint density at radius 3 is 2.71 bits per heavy atom. The average molecular weight is 289 g/mol. The van der Waals surface area contributed by atoms with Gasteiger partial charge in [-0.3, -0.25) is 0 Å². The first kappa shape index (κ1) is 15.5. The van der Waals surface area contributed by atoms with Gasteiger partial charge >= 0.3 is 0 Å². The second-order valence-corrected chi connectivity index (χ2v) is 4.98. The van der Waals surface area contributed by atoms with Gasteiger partial charge in [-0.2, -0.15) is 0 Å². The fourth-order valence-corrected chi connectivity index (χ4v) is 2.20. The summed E-state index contributed by atoms with van der Waals surface area (Å²) in [5.41, 5.74) is 1.72. The van der Waals surface area contributed by atoms with Crippen molar-refractivity contribution in [2.75, 3.05) is 6.61 Å². The molecule has 0 aliphatic carbocycles. The van der Waals surface area contributed by atoms with E-state index in [2.05, 4.69) is 17.2 Å². The third-order valence-electron chi connectivity index (χ3n) is 3.36. The van der Waals surface area contributed by atoms with Crippen LogP contribution in [-0.2, 0) is 19.6 Å². The first-order valence-electron chi connectivity index (χ1n) is 7.55. The highest BCUT2D eigenvalue weighted by Gasteiger charge is 2.11. The van der Waals surface area contributed by atoms with E-state index < -0.39 is 0 Å². The molecule has 0 bridgehead atoms. The number of nitrogens with zero attached hydrogens (tertiary/aromatic N) is 3. The highest BCUT2D eigenvalue weighted by atomic mass is 16.5. The topological polar surface area (TPSA) is 60.2 Å². The van der Waals surface area contributed by atoms with E-state index in [-0.39, 0.29) is 6.61 Å². The van der Waals surface area contributed by atoms with Gasteiger partial charge < -0.3 is 9.84 Å². The van der Waals surface area contributed by atoms with Gasteiger partial charge in [0.2, 0.25) is 0 Å². The van der Waals surface area contributed by atoms with Crippen LogP contribution in [0.5, 0.6) is 5.75 Å². The van der Waals surface area contributed by atoms with E-state index in [1.807, 2.05) is 35.0 Å². The molecule has 1 heterocycles. The minimum absolute atomic E-state index is 0.0546. The Morgan fingerprint density at radius 1 is 1.19 bits per heavy atom. The molecule has 2 aromatic rings. The summed E-state index contributed by atoms with van der Waals surface area (Å²) in [5.74, 6) is 0.887. The number of aromatic nitrogens is 3. The van der Waals surface area contributed by atoms with Crippen LogP contribution in [0.25, 0.3) is 0 Å². The summed E-state index contributed by atoms with van der Waals surface area (Å²) < 4.78 is 7.60. The Hall–Kier alpha value is -1.88. The Labute approximate surface area is 125 Å². The van der Waals surface area contributed by atoms with Crippen molar-refractivity contribution >= 4 is 0 Å². The zero-order chi connectivity index (χ0) is 14.9. The van der Waals surface area contributed by atoms with Crippen molar-refractivity contribution in [1.29, 1.82) is 0 Å². The molecule has 0 spiro atoms. The maximum absolute atomic E-state index is 9.34. The molecule has 1 aromatic carbocycles. The molecule has 21 heavy (non-hydrogen) atoms. The minimum atomic E-state index is -0.0546. The number of aliphatic hydroxyl groups is 1. The van der Waals surface area contributed by atoms with Crippen LogP contribution >= 0.6 is 0 Å². The van der Waals surface area contributed by atoms with Crippen molar-refractivity contribution in [2.45, 2.75) is 45.8 Å². The van der Waals surface area contributed by atoms with Crippen molar-refractivity contribution in [3.63, 3.8) is 0 Å². The zero-order valence-corrected chi connectivity index (χ0v) is 12.5. The molecule has 0 aliphatic heterocycles. The summed E-state index contributed by atoms with van der Waals surface area (Å²) >= 11 is 0. The van der Waals surface area contributed by atoms with Gasteiger partial charge in [-0.1, -0.05) is 36.8 Å². The molecule has 0 fully saturated rings. The average Bonchev–Trinajstić information content (AvgIpc) is 2.92. The fraction of sp³-hybridized carbons (Fsp3) is 0.500. The molecule has 1 aromatic heterocycles. The van der Waals surface area contributed by atoms with Gasteiger partial charge in [-0.25, -0.2) is 4.68 Å². The molecule has 0 saturated carbocycles. The first-order valence-corrected chi connectivity index (χ1v) is 7.55. The molecule has 1 N–H and O–H groups in total. The van der Waals surface area contributed by atoms with E-state index in [1.165, 1.54) is 0 Å². The second kappa shape index (κ2) is 8.42. The van der Waals surface area contributed by atoms with Crippen LogP contribution in [-0.4, -0.2) is 26.7 Å². The summed E-state index contributed by atoms with van der Waals surface area (Å²) in [6.07, 6.45) is 3.88. The molecule has 0 unspecified atom stereocenters. The highest BCUT2D eigenvalue weighted by molar-refractivity contribution is 5.20. The van der Waals surface area contributed by atoms with Crippen molar-refractivity contribution in [1.82, 2.24) is 15.0 Å². The lowest BCUT2D eigenvalue weighted by Gasteiger charge is -2.08. The predicted octanol–water partition coefficient (Wildman–Crippen LogP) is 2.58. The molecule has 0 amide bonds. The van der Waals surface area contributed by atoms with Crippen molar-refractivity contribution in [3.8, 4) is 5.75 Å². The van der Waals surface area contributed by atoms with Crippen LogP contribution in [0.4, 0.5) is 0 Å². The van der Waals surface area contributed by atoms with Crippen LogP contribution < -0.4 is 4.74 Å². The monoisotopic (exact) mass is 289 g/mol. The van der Waals surface area contributed by atoms with Crippen molar-refractivity contribution in [2.24, 2.45) is 0 Å². The van der Waals surface area contributed by atoms with E-state index >= 15 is 0 Å². The standard InChI is InChI=1S/C16H23N3O2/c1-2-3-11-19-16(15(13-20)17-18-19)10-7-12-21-14-8-5-4-6-9-14/h4-6,8-9,20H,2-3,7,10-13H2,1H3. The highest BCUT2D eigenvalue weighted by Crippen LogP contribution is 2.12. The Morgan fingerprint density at radius 2 is 2.00 bits per heavy atom. The smallest absolute Gasteiger partial charge is 0.119 e. The molecular formula is C16H23N3O2. The van der Waals surface area contributed by atoms with Gasteiger partial charge in [-0.05, 0) is 31.4 Å².